The van der Waals surface area contributed by atoms with E-state index in [9.17, 15) is 39.6 Å². The Labute approximate surface area is 161 Å². The van der Waals surface area contributed by atoms with Crippen molar-refractivity contribution in [2.24, 2.45) is 0 Å². The Kier molecular flexibility index (Phi) is 19.0. The van der Waals surface area contributed by atoms with Gasteiger partial charge in [0.1, 0.15) is 24.4 Å². The summed E-state index contributed by atoms with van der Waals surface area (Å²) in [7, 11) is 0. The zero-order valence-corrected chi connectivity index (χ0v) is 15.4. The van der Waals surface area contributed by atoms with Crippen LogP contribution in [-0.4, -0.2) is 93.1 Å². The maximum atomic E-state index is 9.63. The smallest absolute Gasteiger partial charge is 0.547 e. The summed E-state index contributed by atoms with van der Waals surface area (Å²) < 4.78 is 0. The molecule has 0 spiro atoms. The van der Waals surface area contributed by atoms with Crippen LogP contribution < -0.4 is 50.0 Å². The Balaban J connectivity index is -0.000000135. The van der Waals surface area contributed by atoms with E-state index in [0.717, 1.165) is 0 Å². The van der Waals surface area contributed by atoms with Crippen molar-refractivity contribution < 1.29 is 89.6 Å². The molecule has 0 aromatic heterocycles. The van der Waals surface area contributed by atoms with Crippen LogP contribution in [0.3, 0.4) is 0 Å². The number of carbonyl (C=O) groups excluding carboxylic acids is 4. The summed E-state index contributed by atoms with van der Waals surface area (Å²) in [4.78, 5) is 38.5. The fourth-order valence-corrected chi connectivity index (χ4v) is 0.516. The van der Waals surface area contributed by atoms with Crippen LogP contribution >= 0.6 is 0 Å². The third-order valence-corrected chi connectivity index (χ3v) is 1.56. The Morgan fingerprint density at radius 1 is 0.545 bits per heavy atom. The van der Waals surface area contributed by atoms with Crippen LogP contribution in [0.5, 0.6) is 0 Å². The minimum Gasteiger partial charge on any atom is -0.547 e. The van der Waals surface area contributed by atoms with Gasteiger partial charge in [-0.25, -0.2) is 0 Å². The molecule has 4 N–H and O–H groups in total. The monoisotopic (exact) mass is 440 g/mol. The van der Waals surface area contributed by atoms with E-state index < -0.39 is 48.3 Å². The second-order valence-electron chi connectivity index (χ2n) is 3.06. The van der Waals surface area contributed by atoms with Crippen molar-refractivity contribution in [2.45, 2.75) is 24.4 Å². The summed E-state index contributed by atoms with van der Waals surface area (Å²) in [5.41, 5.74) is 0. The minimum atomic E-state index is -2.44. The molecule has 0 aliphatic heterocycles. The van der Waals surface area contributed by atoms with E-state index in [2.05, 4.69) is 0 Å². The fourth-order valence-electron chi connectivity index (χ4n) is 0.516. The van der Waals surface area contributed by atoms with Gasteiger partial charge in [-0.05, 0) is 0 Å². The molecule has 0 aliphatic rings. The molecule has 0 aromatic rings. The number of hydrogen-bond donors (Lipinski definition) is 4. The topological polar surface area (TPSA) is 241 Å². The first-order valence-corrected chi connectivity index (χ1v) is 4.49. The largest absolute Gasteiger partial charge is 3.00 e. The summed E-state index contributed by atoms with van der Waals surface area (Å²) >= 11 is 0. The van der Waals surface area contributed by atoms with Crippen molar-refractivity contribution in [2.75, 3.05) is 0 Å². The molecule has 0 bridgehead atoms. The van der Waals surface area contributed by atoms with Crippen LogP contribution in [-0.2, 0) is 19.2 Å². The second kappa shape index (κ2) is 14.2. The van der Waals surface area contributed by atoms with Crippen molar-refractivity contribution in [1.29, 1.82) is 0 Å². The molecule has 0 amide bonds. The van der Waals surface area contributed by atoms with Crippen LogP contribution in [0.15, 0.2) is 0 Å². The summed E-state index contributed by atoms with van der Waals surface area (Å²) in [6, 6.07) is 0. The zero-order chi connectivity index (χ0) is 16.6. The summed E-state index contributed by atoms with van der Waals surface area (Å²) in [6.07, 6.45) is -9.76. The van der Waals surface area contributed by atoms with E-state index in [1.165, 1.54) is 0 Å². The van der Waals surface area contributed by atoms with Crippen LogP contribution in [0, 0.1) is 0 Å². The zero-order valence-electron chi connectivity index (χ0n) is 10.8. The normalized spacial score (nSPS) is 14.4. The number of carbonyl (C=O) groups is 4. The van der Waals surface area contributed by atoms with E-state index >= 15 is 0 Å². The number of aliphatic hydroxyl groups excluding tert-OH is 4. The van der Waals surface area contributed by atoms with Gasteiger partial charge >= 0.3 is 54.0 Å². The van der Waals surface area contributed by atoms with Gasteiger partial charge in [-0.1, -0.05) is 0 Å². The molecule has 0 heterocycles. The molecule has 0 aromatic carbocycles. The van der Waals surface area contributed by atoms with Crippen molar-refractivity contribution in [3.05, 3.63) is 0 Å². The van der Waals surface area contributed by atoms with Gasteiger partial charge in [0.15, 0.2) is 0 Å². The molecule has 0 saturated carbocycles. The third kappa shape index (κ3) is 12.1. The maximum absolute atomic E-state index is 9.63. The molecule has 0 saturated heterocycles. The number of rotatable bonds is 6. The first-order chi connectivity index (χ1) is 8.93. The molecular weight excluding hydrogens is 433 g/mol. The van der Waals surface area contributed by atoms with Crippen molar-refractivity contribution in [3.8, 4) is 0 Å². The predicted octanol–water partition coefficient (Wildman–Crippen LogP) is -13.0. The Morgan fingerprint density at radius 3 is 0.682 bits per heavy atom. The van der Waals surface area contributed by atoms with E-state index in [-0.39, 0.29) is 54.0 Å². The summed E-state index contributed by atoms with van der Waals surface area (Å²) in [5, 5.41) is 71.5. The summed E-state index contributed by atoms with van der Waals surface area (Å²) in [5.74, 6) is -8.23. The van der Waals surface area contributed by atoms with Gasteiger partial charge in [-0.15, -0.1) is 0 Å². The molecule has 4 unspecified atom stereocenters. The number of carboxylic acids is 4. The van der Waals surface area contributed by atoms with Crippen molar-refractivity contribution >= 4 is 48.3 Å². The number of hydrogen-bond acceptors (Lipinski definition) is 12. The van der Waals surface area contributed by atoms with Crippen molar-refractivity contribution in [1.82, 2.24) is 0 Å². The number of aliphatic hydroxyl groups is 4. The molecule has 12 nitrogen and oxygen atoms in total. The molecule has 2 radical (unpaired) electrons. The first kappa shape index (κ1) is 29.5. The van der Waals surface area contributed by atoms with Gasteiger partial charge < -0.3 is 60.0 Å². The molecule has 0 rings (SSSR count). The average molecular weight is 441 g/mol. The molecule has 0 aliphatic carbocycles. The van der Waals surface area contributed by atoms with Crippen LogP contribution in [0.25, 0.3) is 0 Å². The van der Waals surface area contributed by atoms with E-state index in [4.69, 9.17) is 20.4 Å². The van der Waals surface area contributed by atoms with Gasteiger partial charge in [0.2, 0.25) is 0 Å². The molecule has 118 valence electrons. The van der Waals surface area contributed by atoms with E-state index in [1.807, 2.05) is 0 Å². The SMILES string of the molecule is O=C([O-])C(O)C(O)C(=O)[O-].O=C([O-])C(O)C(O)C(=O)[O-].[Na+].[Sb+3]. The van der Waals surface area contributed by atoms with Crippen LogP contribution in [0.2, 0.25) is 0 Å². The quantitative estimate of drug-likeness (QED) is 0.281. The average Bonchev–Trinajstić information content (AvgIpc) is 2.35. The molecule has 4 atom stereocenters. The predicted molar refractivity (Wildman–Crippen MR) is 49.8 cm³/mol. The fraction of sp³-hybridized carbons (Fsp3) is 0.500. The standard InChI is InChI=1S/2C4H6O6.Na.Sb/c2*5-1(3(7)8)2(6)4(9)10;;/h2*1-2,5-6H,(H,7,8)(H,9,10);;/q;;+1;+3/p-4. The second-order valence-corrected chi connectivity index (χ2v) is 3.06. The molecule has 22 heavy (non-hydrogen) atoms. The van der Waals surface area contributed by atoms with Gasteiger partial charge in [-0.2, -0.15) is 0 Å². The van der Waals surface area contributed by atoms with E-state index in [1.54, 1.807) is 0 Å². The van der Waals surface area contributed by atoms with Crippen LogP contribution in [0.1, 0.15) is 0 Å². The molecular formula is C8H8NaO12Sb. The first-order valence-electron chi connectivity index (χ1n) is 4.49. The van der Waals surface area contributed by atoms with Gasteiger partial charge in [-0.3, -0.25) is 0 Å². The van der Waals surface area contributed by atoms with Crippen molar-refractivity contribution in [3.63, 3.8) is 0 Å². The Bertz CT molecular complexity index is 315. The van der Waals surface area contributed by atoms with Crippen LogP contribution in [0.4, 0.5) is 0 Å². The maximum Gasteiger partial charge on any atom is 3.00 e. The Morgan fingerprint density at radius 2 is 0.636 bits per heavy atom. The Hall–Kier alpha value is -0.462. The third-order valence-electron chi connectivity index (χ3n) is 1.56. The van der Waals surface area contributed by atoms with Gasteiger partial charge in [0.05, 0.1) is 23.9 Å². The summed E-state index contributed by atoms with van der Waals surface area (Å²) in [6.45, 7) is 0. The molecule has 0 fully saturated rings. The minimum absolute atomic E-state index is 0. The van der Waals surface area contributed by atoms with E-state index in [0.29, 0.717) is 0 Å². The molecule has 14 heteroatoms. The van der Waals surface area contributed by atoms with Gasteiger partial charge in [0.25, 0.3) is 0 Å². The number of aliphatic carboxylic acids is 4. The number of carboxylic acid groups (broad SMARTS) is 4. The van der Waals surface area contributed by atoms with Gasteiger partial charge in [0, 0.05) is 0 Å².